The summed E-state index contributed by atoms with van der Waals surface area (Å²) in [7, 11) is 0. The minimum atomic E-state index is -0.125. The van der Waals surface area contributed by atoms with Gasteiger partial charge in [-0.1, -0.05) is 151 Å². The number of aliphatic hydroxyl groups excluding tert-OH is 1. The summed E-state index contributed by atoms with van der Waals surface area (Å²) in [4.78, 5) is 32.1. The first-order valence-electron chi connectivity index (χ1n) is 29.3. The third-order valence-electron chi connectivity index (χ3n) is 14.7. The SMILES string of the molecule is CC(=O)C=C(C)O.CC1(C)c2ccc(-c3nccc4ccccc34)[c-]c2-c2ccccc21.Cc1cccnc1-c1[c-]cccc1.[Ir].[Ir].[Ir].[Ir].[c-]1ccccc1-c1ccccn1.[c-]1ccccc1-c1nccc2ccccc12.[c-]1ccccc1-c1nccc2ccccc12. The van der Waals surface area contributed by atoms with Gasteiger partial charge in [-0.15, -0.1) is 173 Å². The second kappa shape index (κ2) is 36.5. The van der Waals surface area contributed by atoms with E-state index in [2.05, 4.69) is 173 Å². The molecule has 0 atom stereocenters. The zero-order chi connectivity index (χ0) is 61.8. The fourth-order valence-corrected chi connectivity index (χ4v) is 10.5. The summed E-state index contributed by atoms with van der Waals surface area (Å²) in [5.41, 5.74) is 16.7. The Labute approximate surface area is 600 Å². The van der Waals surface area contributed by atoms with Crippen LogP contribution in [0.15, 0.2) is 298 Å². The van der Waals surface area contributed by atoms with Gasteiger partial charge < -0.3 is 25.0 Å². The van der Waals surface area contributed by atoms with Crippen LogP contribution in [-0.2, 0) is 90.6 Å². The number of pyridine rings is 5. The van der Waals surface area contributed by atoms with Crippen LogP contribution in [0.1, 0.15) is 44.4 Å². The number of carbonyl (C=O) groups is 1. The van der Waals surface area contributed by atoms with Gasteiger partial charge in [-0.3, -0.25) is 9.78 Å². The van der Waals surface area contributed by atoms with E-state index >= 15 is 0 Å². The molecule has 0 fully saturated rings. The summed E-state index contributed by atoms with van der Waals surface area (Å²) in [6.07, 6.45) is 10.3. The molecule has 0 bridgehead atoms. The molecule has 14 aromatic rings. The van der Waals surface area contributed by atoms with Crippen molar-refractivity contribution in [1.82, 2.24) is 24.9 Å². The third-order valence-corrected chi connectivity index (χ3v) is 14.7. The maximum Gasteiger partial charge on any atom is 0.155 e. The summed E-state index contributed by atoms with van der Waals surface area (Å²) < 4.78 is 0. The van der Waals surface area contributed by atoms with Crippen molar-refractivity contribution in [3.8, 4) is 67.4 Å². The van der Waals surface area contributed by atoms with Gasteiger partial charge >= 0.3 is 0 Å². The number of allylic oxidation sites excluding steroid dienone is 2. The topological polar surface area (TPSA) is 102 Å². The number of rotatable bonds is 6. The van der Waals surface area contributed by atoms with E-state index in [-0.39, 0.29) is 97.4 Å². The van der Waals surface area contributed by atoms with Crippen molar-refractivity contribution >= 4 is 38.1 Å². The van der Waals surface area contributed by atoms with Crippen molar-refractivity contribution in [2.75, 3.05) is 0 Å². The molecule has 0 unspecified atom stereocenters. The molecule has 5 heterocycles. The molecule has 0 saturated carbocycles. The third kappa shape index (κ3) is 19.2. The molecule has 4 radical (unpaired) electrons. The molecule has 1 aliphatic rings. The summed E-state index contributed by atoms with van der Waals surface area (Å²) in [6, 6.07) is 102. The monoisotopic (exact) mass is 1920 g/mol. The first-order valence-corrected chi connectivity index (χ1v) is 29.3. The number of nitrogens with zero attached hydrogens (tertiary/aromatic N) is 5. The Morgan fingerprint density at radius 3 is 1.23 bits per heavy atom. The smallest absolute Gasteiger partial charge is 0.155 e. The Kier molecular flexibility index (Phi) is 28.8. The van der Waals surface area contributed by atoms with Gasteiger partial charge in [0.05, 0.1) is 5.76 Å². The van der Waals surface area contributed by atoms with E-state index < -0.39 is 0 Å². The van der Waals surface area contributed by atoms with E-state index in [1.807, 2.05) is 183 Å². The van der Waals surface area contributed by atoms with Crippen molar-refractivity contribution in [1.29, 1.82) is 0 Å². The van der Waals surface area contributed by atoms with Crippen LogP contribution in [0.3, 0.4) is 0 Å². The Morgan fingerprint density at radius 1 is 0.387 bits per heavy atom. The number of aliphatic hydroxyl groups is 1. The van der Waals surface area contributed by atoms with E-state index in [0.717, 1.165) is 56.3 Å². The van der Waals surface area contributed by atoms with Crippen LogP contribution >= 0.6 is 0 Å². The van der Waals surface area contributed by atoms with Crippen molar-refractivity contribution in [3.63, 3.8) is 0 Å². The average Bonchev–Trinajstić information content (AvgIpc) is 1.59. The van der Waals surface area contributed by atoms with Gasteiger partial charge in [-0.2, -0.15) is 0 Å². The number of benzene rings is 9. The quantitative estimate of drug-likeness (QED) is 0.101. The summed E-state index contributed by atoms with van der Waals surface area (Å²) >= 11 is 0. The number of carbonyl (C=O) groups excluding carboxylic acids is 1. The first-order chi connectivity index (χ1) is 43.5. The number of hydrogen-bond donors (Lipinski definition) is 1. The predicted molar refractivity (Wildman–Crippen MR) is 364 cm³/mol. The van der Waals surface area contributed by atoms with Crippen LogP contribution in [-0.4, -0.2) is 35.8 Å². The van der Waals surface area contributed by atoms with Crippen LogP contribution < -0.4 is 0 Å². The summed E-state index contributed by atoms with van der Waals surface area (Å²) in [5.74, 6) is -0.0625. The second-order valence-electron chi connectivity index (χ2n) is 21.4. The molecule has 0 amide bonds. The number of aryl methyl sites for hydroxylation is 1. The second-order valence-corrected chi connectivity index (χ2v) is 21.4. The molecule has 1 N–H and O–H groups in total. The minimum absolute atomic E-state index is 0. The molecular formula is C82H64Ir4N5O2-5. The van der Waals surface area contributed by atoms with Crippen LogP contribution in [0.5, 0.6) is 0 Å². The van der Waals surface area contributed by atoms with Crippen LogP contribution in [0.25, 0.3) is 99.7 Å². The molecule has 11 heteroatoms. The summed E-state index contributed by atoms with van der Waals surface area (Å²) in [5, 5.41) is 15.5. The van der Waals surface area contributed by atoms with Crippen molar-refractivity contribution < 1.29 is 90.3 Å². The van der Waals surface area contributed by atoms with Crippen LogP contribution in [0.4, 0.5) is 0 Å². The van der Waals surface area contributed by atoms with E-state index in [1.54, 1.807) is 6.20 Å². The van der Waals surface area contributed by atoms with Gasteiger partial charge in [0, 0.05) is 123 Å². The molecule has 0 spiro atoms. The maximum absolute atomic E-state index is 10.0. The first kappa shape index (κ1) is 73.4. The van der Waals surface area contributed by atoms with Gasteiger partial charge in [0.15, 0.2) is 5.78 Å². The Hall–Kier alpha value is -8.68. The van der Waals surface area contributed by atoms with Crippen LogP contribution in [0, 0.1) is 37.3 Å². The molecule has 93 heavy (non-hydrogen) atoms. The normalized spacial score (nSPS) is 11.0. The maximum atomic E-state index is 10.0. The van der Waals surface area contributed by atoms with Gasteiger partial charge in [0.25, 0.3) is 0 Å². The fraction of sp³-hybridized carbons (Fsp3) is 0.0732. The number of hydrogen-bond acceptors (Lipinski definition) is 7. The number of aromatic nitrogens is 5. The van der Waals surface area contributed by atoms with Gasteiger partial charge in [0.1, 0.15) is 0 Å². The van der Waals surface area contributed by atoms with E-state index in [9.17, 15) is 4.79 Å². The van der Waals surface area contributed by atoms with E-state index in [4.69, 9.17) is 5.11 Å². The minimum Gasteiger partial charge on any atom is -0.512 e. The molecule has 0 aliphatic heterocycles. The largest absolute Gasteiger partial charge is 0.512 e. The molecule has 15 rings (SSSR count). The molecule has 7 nitrogen and oxygen atoms in total. The zero-order valence-electron chi connectivity index (χ0n) is 51.6. The van der Waals surface area contributed by atoms with Crippen molar-refractivity contribution in [2.45, 2.75) is 40.0 Å². The van der Waals surface area contributed by atoms with E-state index in [1.165, 1.54) is 80.1 Å². The standard InChI is InChI=1S/C24H18N.2C15H10N.C12H10N.C11H8N.C5H8O2.4Ir/c1-24(2)21-10-6-5-9-19(21)20-15-17(11-12-22(20)24)23-18-8-4-3-7-16(18)13-14-25-23;2*1-2-7-13(8-3-1)15-14-9-5-4-6-12(14)10-11-16-15;1-10-6-5-9-13-12(10)11-7-3-2-4-8-11;1-2-6-10(7-3-1)11-8-4-5-9-12-11;1-4(6)3-5(2)7;;;;/h3-14H,1-2H3;2*1-7,9-11H;2-7,9H,1H3;1-6,8-9H;3,6H,1-2H3;;;;/q5*-1;;;;;. The Morgan fingerprint density at radius 2 is 0.796 bits per heavy atom. The number of ketones is 1. The van der Waals surface area contributed by atoms with Gasteiger partial charge in [0.2, 0.25) is 0 Å². The molecule has 5 aromatic heterocycles. The van der Waals surface area contributed by atoms with Crippen molar-refractivity contribution in [3.05, 3.63) is 345 Å². The molecule has 9 aromatic carbocycles. The van der Waals surface area contributed by atoms with Gasteiger partial charge in [-0.25, -0.2) is 0 Å². The predicted octanol–water partition coefficient (Wildman–Crippen LogP) is 19.8. The molecule has 0 saturated heterocycles. The Balaban J connectivity index is 0.000000182. The average molecular weight is 1920 g/mol. The molecular weight excluding hydrogens is 1860 g/mol. The molecule has 1 aliphatic carbocycles. The number of fused-ring (bicyclic) bond motifs is 6. The van der Waals surface area contributed by atoms with Crippen LogP contribution in [0.2, 0.25) is 0 Å². The summed E-state index contributed by atoms with van der Waals surface area (Å²) in [6.45, 7) is 9.49. The van der Waals surface area contributed by atoms with E-state index in [0.29, 0.717) is 0 Å². The Bertz CT molecular complexity index is 4480. The zero-order valence-corrected chi connectivity index (χ0v) is 61.2. The molecule has 470 valence electrons. The van der Waals surface area contributed by atoms with Gasteiger partial charge in [-0.05, 0) is 112 Å². The fourth-order valence-electron chi connectivity index (χ4n) is 10.5. The van der Waals surface area contributed by atoms with Crippen molar-refractivity contribution in [2.24, 2.45) is 0 Å².